The van der Waals surface area contributed by atoms with Crippen molar-refractivity contribution in [1.82, 2.24) is 33.9 Å². The van der Waals surface area contributed by atoms with Crippen molar-refractivity contribution in [2.75, 3.05) is 17.2 Å². The van der Waals surface area contributed by atoms with Crippen molar-refractivity contribution in [2.45, 2.75) is 38.0 Å². The predicted molar refractivity (Wildman–Crippen MR) is 129 cm³/mol. The summed E-state index contributed by atoms with van der Waals surface area (Å²) in [5, 5.41) is 15.0. The fourth-order valence-electron chi connectivity index (χ4n) is 3.57. The van der Waals surface area contributed by atoms with Crippen LogP contribution < -0.4 is 16.4 Å². The number of nitrogens with one attached hydrogen (secondary N) is 2. The molecule has 1 aliphatic carbocycles. The van der Waals surface area contributed by atoms with Gasteiger partial charge in [0.1, 0.15) is 11.6 Å². The molecule has 4 N–H and O–H groups in total. The standard InChI is InChI=1S/C21H24N10O3S/c1-12(2)31-16-7-19(24-9-15(16)21(29-31)25-10-17(22)32)27-18-5-6-23-20(28-18)13-8-26-30(11-13)35(33,34)14-3-4-14/h5-9,11-12,14H,3-4,10H2,1-2H3,(H2,22,32)(H,25,29)(H,23,24,27,28). The molecule has 0 bridgehead atoms. The highest BCUT2D eigenvalue weighted by atomic mass is 32.2. The van der Waals surface area contributed by atoms with Gasteiger partial charge in [-0.05, 0) is 32.8 Å². The molecule has 14 heteroatoms. The normalized spacial score (nSPS) is 13.9. The molecular formula is C21H24N10O3S. The van der Waals surface area contributed by atoms with E-state index in [2.05, 4.69) is 35.8 Å². The van der Waals surface area contributed by atoms with Gasteiger partial charge in [0.15, 0.2) is 11.6 Å². The zero-order valence-electron chi connectivity index (χ0n) is 19.1. The highest BCUT2D eigenvalue weighted by molar-refractivity contribution is 7.90. The van der Waals surface area contributed by atoms with Crippen molar-refractivity contribution >= 4 is 44.3 Å². The molecule has 0 saturated heterocycles. The molecule has 1 amide bonds. The second-order valence-corrected chi connectivity index (χ2v) is 10.6. The molecule has 4 heterocycles. The quantitative estimate of drug-likeness (QED) is 0.309. The van der Waals surface area contributed by atoms with Crippen LogP contribution in [0.5, 0.6) is 0 Å². The summed E-state index contributed by atoms with van der Waals surface area (Å²) in [6, 6.07) is 3.58. The van der Waals surface area contributed by atoms with Crippen LogP contribution in [-0.2, 0) is 14.8 Å². The van der Waals surface area contributed by atoms with Crippen molar-refractivity contribution in [3.63, 3.8) is 0 Å². The summed E-state index contributed by atoms with van der Waals surface area (Å²) >= 11 is 0. The van der Waals surface area contributed by atoms with E-state index in [1.54, 1.807) is 18.5 Å². The van der Waals surface area contributed by atoms with E-state index in [0.29, 0.717) is 41.7 Å². The molecule has 13 nitrogen and oxygen atoms in total. The van der Waals surface area contributed by atoms with Gasteiger partial charge in [0.05, 0.1) is 40.7 Å². The molecule has 1 aliphatic rings. The molecule has 0 aromatic carbocycles. The lowest BCUT2D eigenvalue weighted by Gasteiger charge is -2.09. The summed E-state index contributed by atoms with van der Waals surface area (Å²) in [5.74, 6) is 1.37. The molecule has 5 rings (SSSR count). The van der Waals surface area contributed by atoms with Crippen molar-refractivity contribution in [3.05, 3.63) is 36.9 Å². The highest BCUT2D eigenvalue weighted by Gasteiger charge is 2.37. The maximum absolute atomic E-state index is 12.4. The van der Waals surface area contributed by atoms with Gasteiger partial charge in [-0.25, -0.2) is 23.4 Å². The van der Waals surface area contributed by atoms with Crippen LogP contribution in [0.15, 0.2) is 36.9 Å². The lowest BCUT2D eigenvalue weighted by atomic mass is 10.3. The van der Waals surface area contributed by atoms with Gasteiger partial charge in [-0.2, -0.15) is 14.3 Å². The van der Waals surface area contributed by atoms with Crippen molar-refractivity contribution < 1.29 is 13.2 Å². The number of primary amides is 1. The zero-order valence-corrected chi connectivity index (χ0v) is 19.9. The Bertz CT molecular complexity index is 1520. The van der Waals surface area contributed by atoms with Gasteiger partial charge in [-0.15, -0.1) is 0 Å². The minimum atomic E-state index is -3.47. The fraction of sp³-hybridized carbons (Fsp3) is 0.333. The monoisotopic (exact) mass is 496 g/mol. The lowest BCUT2D eigenvalue weighted by molar-refractivity contribution is -0.116. The largest absolute Gasteiger partial charge is 0.368 e. The minimum Gasteiger partial charge on any atom is -0.368 e. The first-order valence-electron chi connectivity index (χ1n) is 11.0. The second-order valence-electron chi connectivity index (χ2n) is 8.53. The third-order valence-corrected chi connectivity index (χ3v) is 7.48. The number of anilines is 3. The van der Waals surface area contributed by atoms with Gasteiger partial charge in [0.2, 0.25) is 5.91 Å². The molecule has 1 saturated carbocycles. The Morgan fingerprint density at radius 3 is 2.74 bits per heavy atom. The fourth-order valence-corrected chi connectivity index (χ4v) is 5.05. The molecule has 182 valence electrons. The van der Waals surface area contributed by atoms with Gasteiger partial charge in [-0.1, -0.05) is 0 Å². The van der Waals surface area contributed by atoms with Crippen molar-refractivity contribution in [2.24, 2.45) is 5.73 Å². The van der Waals surface area contributed by atoms with E-state index in [0.717, 1.165) is 15.0 Å². The van der Waals surface area contributed by atoms with Gasteiger partial charge in [0.25, 0.3) is 10.0 Å². The van der Waals surface area contributed by atoms with Gasteiger partial charge >= 0.3 is 0 Å². The van der Waals surface area contributed by atoms with Crippen LogP contribution in [0.25, 0.3) is 22.3 Å². The molecule has 0 spiro atoms. The van der Waals surface area contributed by atoms with Crippen LogP contribution in [-0.4, -0.2) is 60.0 Å². The van der Waals surface area contributed by atoms with Crippen LogP contribution in [0.2, 0.25) is 0 Å². The molecule has 4 aromatic heterocycles. The number of fused-ring (bicyclic) bond motifs is 1. The van der Waals surface area contributed by atoms with E-state index in [4.69, 9.17) is 5.73 Å². The number of nitrogens with zero attached hydrogens (tertiary/aromatic N) is 7. The van der Waals surface area contributed by atoms with Crippen molar-refractivity contribution in [3.8, 4) is 11.4 Å². The molecule has 35 heavy (non-hydrogen) atoms. The number of pyridine rings is 1. The van der Waals surface area contributed by atoms with E-state index in [-0.39, 0.29) is 17.8 Å². The number of nitrogens with two attached hydrogens (primary N) is 1. The third-order valence-electron chi connectivity index (χ3n) is 5.45. The SMILES string of the molecule is CC(C)n1nc(NCC(N)=O)c2cnc(Nc3ccnc(-c4cnn(S(=O)(=O)C5CC5)c4)n3)cc21. The third kappa shape index (κ3) is 4.51. The van der Waals surface area contributed by atoms with Gasteiger partial charge in [0, 0.05) is 24.5 Å². The van der Waals surface area contributed by atoms with Gasteiger partial charge < -0.3 is 16.4 Å². The molecule has 1 fully saturated rings. The van der Waals surface area contributed by atoms with Gasteiger partial charge in [-0.3, -0.25) is 9.48 Å². The molecule has 0 radical (unpaired) electrons. The predicted octanol–water partition coefficient (Wildman–Crippen LogP) is 1.65. The summed E-state index contributed by atoms with van der Waals surface area (Å²) in [7, 11) is -3.47. The number of aromatic nitrogens is 7. The number of hydrogen-bond donors (Lipinski definition) is 3. The average Bonchev–Trinajstić information content (AvgIpc) is 3.45. The maximum Gasteiger partial charge on any atom is 0.256 e. The Kier molecular flexibility index (Phi) is 5.59. The zero-order chi connectivity index (χ0) is 24.7. The highest BCUT2D eigenvalue weighted by Crippen LogP contribution is 2.31. The Morgan fingerprint density at radius 1 is 1.23 bits per heavy atom. The van der Waals surface area contributed by atoms with Crippen molar-refractivity contribution in [1.29, 1.82) is 0 Å². The van der Waals surface area contributed by atoms with Crippen LogP contribution in [0.1, 0.15) is 32.7 Å². The Hall–Kier alpha value is -4.07. The van der Waals surface area contributed by atoms with E-state index < -0.39 is 15.9 Å². The van der Waals surface area contributed by atoms with Crippen LogP contribution >= 0.6 is 0 Å². The van der Waals surface area contributed by atoms with Crippen LogP contribution in [0.3, 0.4) is 0 Å². The van der Waals surface area contributed by atoms with E-state index >= 15 is 0 Å². The van der Waals surface area contributed by atoms with E-state index in [1.165, 1.54) is 12.4 Å². The molecule has 4 aromatic rings. The maximum atomic E-state index is 12.4. The Balaban J connectivity index is 1.41. The number of carbonyl (C=O) groups excluding carboxylic acids is 1. The minimum absolute atomic E-state index is 0.0353. The number of rotatable bonds is 9. The number of amides is 1. The Morgan fingerprint density at radius 2 is 2.03 bits per heavy atom. The molecule has 0 atom stereocenters. The topological polar surface area (TPSA) is 176 Å². The first-order valence-corrected chi connectivity index (χ1v) is 12.5. The van der Waals surface area contributed by atoms with E-state index in [9.17, 15) is 13.2 Å². The number of hydrogen-bond acceptors (Lipinski definition) is 10. The first-order chi connectivity index (χ1) is 16.7. The Labute approximate surface area is 200 Å². The smallest absolute Gasteiger partial charge is 0.256 e. The molecule has 0 unspecified atom stereocenters. The summed E-state index contributed by atoms with van der Waals surface area (Å²) in [6.45, 7) is 3.96. The summed E-state index contributed by atoms with van der Waals surface area (Å²) < 4.78 is 27.6. The van der Waals surface area contributed by atoms with E-state index in [1.807, 2.05) is 24.6 Å². The summed E-state index contributed by atoms with van der Waals surface area (Å²) in [4.78, 5) is 24.4. The summed E-state index contributed by atoms with van der Waals surface area (Å²) in [6.07, 6.45) is 7.40. The first kappa shape index (κ1) is 22.7. The second kappa shape index (κ2) is 8.61. The average molecular weight is 497 g/mol. The number of carbonyl (C=O) groups is 1. The van der Waals surface area contributed by atoms with Crippen LogP contribution in [0.4, 0.5) is 17.5 Å². The van der Waals surface area contributed by atoms with Crippen LogP contribution in [0, 0.1) is 0 Å². The lowest BCUT2D eigenvalue weighted by Crippen LogP contribution is -2.22. The summed E-state index contributed by atoms with van der Waals surface area (Å²) in [5.41, 5.74) is 6.55. The molecular weight excluding hydrogens is 472 g/mol. The molecule has 0 aliphatic heterocycles.